The number of hydrogen-bond donors (Lipinski definition) is 1. The summed E-state index contributed by atoms with van der Waals surface area (Å²) in [5, 5.41) is 3.52. The van der Waals surface area contributed by atoms with Gasteiger partial charge in [-0.1, -0.05) is 36.7 Å². The molecule has 1 N–H and O–H groups in total. The quantitative estimate of drug-likeness (QED) is 0.876. The molecule has 2 atom stereocenters. The Morgan fingerprint density at radius 3 is 2.79 bits per heavy atom. The molecule has 1 aliphatic carbocycles. The molecule has 4 heteroatoms. The highest BCUT2D eigenvalue weighted by atomic mass is 79.9. The predicted octanol–water partition coefficient (Wildman–Crippen LogP) is 4.13. The van der Waals surface area contributed by atoms with E-state index in [1.54, 1.807) is 12.1 Å². The van der Waals surface area contributed by atoms with Gasteiger partial charge in [0.15, 0.2) is 11.6 Å². The van der Waals surface area contributed by atoms with Crippen LogP contribution in [0.5, 0.6) is 5.75 Å². The van der Waals surface area contributed by atoms with E-state index in [4.69, 9.17) is 4.74 Å². The Morgan fingerprint density at radius 1 is 1.47 bits per heavy atom. The number of ether oxygens (including phenoxy) is 1. The van der Waals surface area contributed by atoms with Crippen LogP contribution in [0.3, 0.4) is 0 Å². The van der Waals surface area contributed by atoms with Crippen LogP contribution in [0.25, 0.3) is 0 Å². The van der Waals surface area contributed by atoms with Gasteiger partial charge in [-0.25, -0.2) is 4.39 Å². The third kappa shape index (κ3) is 3.11. The van der Waals surface area contributed by atoms with Crippen LogP contribution < -0.4 is 10.1 Å². The van der Waals surface area contributed by atoms with E-state index in [0.717, 1.165) is 23.9 Å². The van der Waals surface area contributed by atoms with Gasteiger partial charge >= 0.3 is 0 Å². The maximum absolute atomic E-state index is 13.8. The van der Waals surface area contributed by atoms with Crippen LogP contribution in [0.2, 0.25) is 0 Å². The van der Waals surface area contributed by atoms with Crippen molar-refractivity contribution in [1.29, 1.82) is 0 Å². The van der Waals surface area contributed by atoms with E-state index < -0.39 is 0 Å². The lowest BCUT2D eigenvalue weighted by Crippen LogP contribution is -2.62. The minimum atomic E-state index is -0.310. The Bertz CT molecular complexity index is 450. The second-order valence-corrected chi connectivity index (χ2v) is 6.66. The third-order valence-corrected chi connectivity index (χ3v) is 4.47. The monoisotopic (exact) mass is 329 g/mol. The van der Waals surface area contributed by atoms with Gasteiger partial charge in [-0.2, -0.15) is 0 Å². The molecule has 0 aliphatic heterocycles. The molecule has 1 fully saturated rings. The van der Waals surface area contributed by atoms with E-state index in [9.17, 15) is 4.39 Å². The molecule has 1 aromatic carbocycles. The molecular weight excluding hydrogens is 309 g/mol. The first-order valence-corrected chi connectivity index (χ1v) is 7.59. The smallest absolute Gasteiger partial charge is 0.166 e. The normalized spacial score (nSPS) is 24.9. The average Bonchev–Trinajstić information content (AvgIpc) is 2.35. The van der Waals surface area contributed by atoms with E-state index >= 15 is 0 Å². The van der Waals surface area contributed by atoms with Crippen molar-refractivity contribution in [1.82, 2.24) is 5.32 Å². The van der Waals surface area contributed by atoms with Gasteiger partial charge in [0, 0.05) is 22.4 Å². The predicted molar refractivity (Wildman–Crippen MR) is 79.0 cm³/mol. The second kappa shape index (κ2) is 5.80. The number of rotatable bonds is 5. The third-order valence-electron chi connectivity index (χ3n) is 3.98. The largest absolute Gasteiger partial charge is 0.487 e. The number of nitrogens with one attached hydrogen (secondary N) is 1. The van der Waals surface area contributed by atoms with Crippen molar-refractivity contribution in [2.75, 3.05) is 6.54 Å². The van der Waals surface area contributed by atoms with Crippen molar-refractivity contribution in [2.45, 2.75) is 45.8 Å². The summed E-state index contributed by atoms with van der Waals surface area (Å²) in [7, 11) is 0. The van der Waals surface area contributed by atoms with Gasteiger partial charge in [0.1, 0.15) is 6.10 Å². The Balaban J connectivity index is 1.98. The Hall–Kier alpha value is -0.610. The molecular formula is C15H21BrFNO. The van der Waals surface area contributed by atoms with Crippen molar-refractivity contribution in [3.63, 3.8) is 0 Å². The Labute approximate surface area is 122 Å². The van der Waals surface area contributed by atoms with Crippen LogP contribution in [0, 0.1) is 11.2 Å². The zero-order valence-corrected chi connectivity index (χ0v) is 13.3. The van der Waals surface area contributed by atoms with Gasteiger partial charge in [-0.3, -0.25) is 0 Å². The van der Waals surface area contributed by atoms with Crippen LogP contribution in [0.4, 0.5) is 4.39 Å². The summed E-state index contributed by atoms with van der Waals surface area (Å²) >= 11 is 3.25. The first-order valence-electron chi connectivity index (χ1n) is 6.80. The van der Waals surface area contributed by atoms with Crippen LogP contribution in [0.15, 0.2) is 22.7 Å². The molecule has 1 saturated carbocycles. The van der Waals surface area contributed by atoms with E-state index in [1.807, 2.05) is 0 Å². The van der Waals surface area contributed by atoms with Crippen molar-refractivity contribution < 1.29 is 9.13 Å². The van der Waals surface area contributed by atoms with Crippen LogP contribution in [-0.4, -0.2) is 18.7 Å². The van der Waals surface area contributed by atoms with Crippen molar-refractivity contribution in [2.24, 2.45) is 5.41 Å². The lowest BCUT2D eigenvalue weighted by atomic mass is 9.64. The molecule has 0 radical (unpaired) electrons. The number of benzene rings is 1. The molecule has 106 valence electrons. The fourth-order valence-electron chi connectivity index (χ4n) is 2.47. The van der Waals surface area contributed by atoms with Gasteiger partial charge in [0.2, 0.25) is 0 Å². The van der Waals surface area contributed by atoms with Crippen LogP contribution in [0.1, 0.15) is 33.6 Å². The second-order valence-electron chi connectivity index (χ2n) is 5.75. The molecule has 0 spiro atoms. The SMILES string of the molecule is CCCNC1CC(Oc2ccc(Br)cc2F)C1(C)C. The van der Waals surface area contributed by atoms with E-state index in [2.05, 4.69) is 42.0 Å². The summed E-state index contributed by atoms with van der Waals surface area (Å²) in [4.78, 5) is 0. The molecule has 1 aliphatic rings. The molecule has 1 aromatic rings. The summed E-state index contributed by atoms with van der Waals surface area (Å²) in [5.74, 6) is 0.0327. The lowest BCUT2D eigenvalue weighted by molar-refractivity contribution is -0.0563. The van der Waals surface area contributed by atoms with Gasteiger partial charge in [-0.05, 0) is 31.2 Å². The lowest BCUT2D eigenvalue weighted by Gasteiger charge is -2.51. The van der Waals surface area contributed by atoms with Gasteiger partial charge < -0.3 is 10.1 Å². The summed E-state index contributed by atoms with van der Waals surface area (Å²) in [6.07, 6.45) is 2.12. The molecule has 19 heavy (non-hydrogen) atoms. The van der Waals surface area contributed by atoms with Gasteiger partial charge in [0.25, 0.3) is 0 Å². The number of hydrogen-bond acceptors (Lipinski definition) is 2. The van der Waals surface area contributed by atoms with Gasteiger partial charge in [-0.15, -0.1) is 0 Å². The van der Waals surface area contributed by atoms with E-state index in [-0.39, 0.29) is 17.3 Å². The van der Waals surface area contributed by atoms with E-state index in [0.29, 0.717) is 11.8 Å². The highest BCUT2D eigenvalue weighted by Gasteiger charge is 2.49. The summed E-state index contributed by atoms with van der Waals surface area (Å²) in [6.45, 7) is 7.52. The fraction of sp³-hybridized carbons (Fsp3) is 0.600. The molecule has 2 nitrogen and oxygen atoms in total. The summed E-state index contributed by atoms with van der Waals surface area (Å²) in [6, 6.07) is 5.38. The molecule has 0 heterocycles. The molecule has 0 bridgehead atoms. The Kier molecular flexibility index (Phi) is 4.51. The first-order chi connectivity index (χ1) is 8.95. The average molecular weight is 330 g/mol. The van der Waals surface area contributed by atoms with E-state index in [1.165, 1.54) is 6.07 Å². The summed E-state index contributed by atoms with van der Waals surface area (Å²) in [5.41, 5.74) is 0.0364. The molecule has 2 rings (SSSR count). The first kappa shape index (κ1) is 14.8. The zero-order chi connectivity index (χ0) is 14.0. The highest BCUT2D eigenvalue weighted by molar-refractivity contribution is 9.10. The summed E-state index contributed by atoms with van der Waals surface area (Å²) < 4.78 is 20.3. The van der Waals surface area contributed by atoms with Crippen LogP contribution >= 0.6 is 15.9 Å². The van der Waals surface area contributed by atoms with Crippen LogP contribution in [-0.2, 0) is 0 Å². The molecule has 2 unspecified atom stereocenters. The van der Waals surface area contributed by atoms with Crippen molar-refractivity contribution in [3.8, 4) is 5.75 Å². The highest BCUT2D eigenvalue weighted by Crippen LogP contribution is 2.43. The maximum Gasteiger partial charge on any atom is 0.166 e. The maximum atomic E-state index is 13.8. The number of halogens is 2. The van der Waals surface area contributed by atoms with Crippen molar-refractivity contribution >= 4 is 15.9 Å². The fourth-order valence-corrected chi connectivity index (χ4v) is 2.81. The van der Waals surface area contributed by atoms with Crippen molar-refractivity contribution in [3.05, 3.63) is 28.5 Å². The standard InChI is InChI=1S/C15H21BrFNO/c1-4-7-18-13-9-14(15(13,2)3)19-12-6-5-10(16)8-11(12)17/h5-6,8,13-14,18H,4,7,9H2,1-3H3. The molecule has 0 amide bonds. The minimum Gasteiger partial charge on any atom is -0.487 e. The topological polar surface area (TPSA) is 21.3 Å². The molecule has 0 aromatic heterocycles. The Morgan fingerprint density at radius 2 is 2.21 bits per heavy atom. The molecule has 0 saturated heterocycles. The van der Waals surface area contributed by atoms with Gasteiger partial charge in [0.05, 0.1) is 0 Å². The minimum absolute atomic E-state index is 0.0364. The zero-order valence-electron chi connectivity index (χ0n) is 11.7.